The summed E-state index contributed by atoms with van der Waals surface area (Å²) < 4.78 is 5.30. The Morgan fingerprint density at radius 3 is 2.65 bits per heavy atom. The van der Waals surface area contributed by atoms with Gasteiger partial charge in [-0.2, -0.15) is 0 Å². The smallest absolute Gasteiger partial charge is 0.303 e. The first-order chi connectivity index (χ1) is 8.08. The van der Waals surface area contributed by atoms with Gasteiger partial charge in [0, 0.05) is 13.8 Å². The van der Waals surface area contributed by atoms with Crippen LogP contribution >= 0.6 is 0 Å². The molecule has 4 nitrogen and oxygen atoms in total. The van der Waals surface area contributed by atoms with Crippen molar-refractivity contribution in [2.75, 3.05) is 0 Å². The van der Waals surface area contributed by atoms with E-state index in [-0.39, 0.29) is 24.0 Å². The minimum absolute atomic E-state index is 0.111. The fourth-order valence-corrected chi connectivity index (χ4v) is 2.27. The number of nitrogens with one attached hydrogen (secondary N) is 1. The van der Waals surface area contributed by atoms with Gasteiger partial charge in [0.25, 0.3) is 0 Å². The molecule has 0 heterocycles. The molecular formula is C13H15NO3. The van der Waals surface area contributed by atoms with Crippen LogP contribution in [0.3, 0.4) is 0 Å². The number of hydrogen-bond donors (Lipinski definition) is 1. The SMILES string of the molecule is CC(=O)N[C@@H]1Cc2ccccc2[C@@H]1OC(C)=O. The maximum atomic E-state index is 11.1. The van der Waals surface area contributed by atoms with Gasteiger partial charge in [-0.3, -0.25) is 9.59 Å². The van der Waals surface area contributed by atoms with E-state index in [1.165, 1.54) is 13.8 Å². The van der Waals surface area contributed by atoms with Crippen LogP contribution in [0.25, 0.3) is 0 Å². The van der Waals surface area contributed by atoms with Gasteiger partial charge in [0.05, 0.1) is 6.04 Å². The zero-order chi connectivity index (χ0) is 12.4. The molecule has 1 aromatic carbocycles. The van der Waals surface area contributed by atoms with E-state index in [2.05, 4.69) is 5.32 Å². The third kappa shape index (κ3) is 2.46. The zero-order valence-corrected chi connectivity index (χ0v) is 9.90. The number of amides is 1. The molecule has 0 spiro atoms. The van der Waals surface area contributed by atoms with E-state index in [9.17, 15) is 9.59 Å². The van der Waals surface area contributed by atoms with Crippen molar-refractivity contribution in [1.29, 1.82) is 0 Å². The van der Waals surface area contributed by atoms with Gasteiger partial charge < -0.3 is 10.1 Å². The molecule has 0 aromatic heterocycles. The van der Waals surface area contributed by atoms with Crippen molar-refractivity contribution in [1.82, 2.24) is 5.32 Å². The molecule has 0 saturated carbocycles. The highest BCUT2D eigenvalue weighted by Crippen LogP contribution is 2.34. The van der Waals surface area contributed by atoms with Gasteiger partial charge in [-0.25, -0.2) is 0 Å². The van der Waals surface area contributed by atoms with Crippen LogP contribution in [0.1, 0.15) is 31.1 Å². The molecule has 0 fully saturated rings. The minimum atomic E-state index is -0.368. The average molecular weight is 233 g/mol. The molecule has 2 rings (SSSR count). The van der Waals surface area contributed by atoms with Crippen LogP contribution in [0.2, 0.25) is 0 Å². The monoisotopic (exact) mass is 233 g/mol. The molecule has 1 aliphatic rings. The van der Waals surface area contributed by atoms with Gasteiger partial charge in [0.1, 0.15) is 6.10 Å². The first-order valence-electron chi connectivity index (χ1n) is 5.60. The lowest BCUT2D eigenvalue weighted by molar-refractivity contribution is -0.148. The lowest BCUT2D eigenvalue weighted by Gasteiger charge is -2.20. The minimum Gasteiger partial charge on any atom is -0.455 e. The lowest BCUT2D eigenvalue weighted by atomic mass is 10.1. The second-order valence-corrected chi connectivity index (χ2v) is 4.24. The molecule has 0 radical (unpaired) electrons. The molecule has 1 aromatic rings. The van der Waals surface area contributed by atoms with E-state index in [4.69, 9.17) is 4.74 Å². The summed E-state index contributed by atoms with van der Waals surface area (Å²) in [7, 11) is 0. The third-order valence-corrected chi connectivity index (χ3v) is 2.85. The maximum absolute atomic E-state index is 11.1. The number of carbonyl (C=O) groups excluding carboxylic acids is 2. The van der Waals surface area contributed by atoms with Gasteiger partial charge in [-0.05, 0) is 17.5 Å². The number of benzene rings is 1. The molecule has 90 valence electrons. The van der Waals surface area contributed by atoms with Crippen LogP contribution in [-0.2, 0) is 20.7 Å². The van der Waals surface area contributed by atoms with Crippen molar-refractivity contribution >= 4 is 11.9 Å². The highest BCUT2D eigenvalue weighted by atomic mass is 16.5. The fraction of sp³-hybridized carbons (Fsp3) is 0.385. The van der Waals surface area contributed by atoms with Crippen molar-refractivity contribution in [3.63, 3.8) is 0 Å². The Kier molecular flexibility index (Phi) is 3.13. The predicted molar refractivity (Wildman–Crippen MR) is 62.3 cm³/mol. The van der Waals surface area contributed by atoms with E-state index >= 15 is 0 Å². The molecular weight excluding hydrogens is 218 g/mol. The van der Waals surface area contributed by atoms with Gasteiger partial charge >= 0.3 is 5.97 Å². The fourth-order valence-electron chi connectivity index (χ4n) is 2.27. The van der Waals surface area contributed by atoms with Gasteiger partial charge in [0.15, 0.2) is 0 Å². The van der Waals surface area contributed by atoms with Crippen LogP contribution in [-0.4, -0.2) is 17.9 Å². The molecule has 2 atom stereocenters. The zero-order valence-electron chi connectivity index (χ0n) is 9.90. The number of esters is 1. The Labute approximate surface area is 100.0 Å². The van der Waals surface area contributed by atoms with Crippen molar-refractivity contribution in [3.8, 4) is 0 Å². The van der Waals surface area contributed by atoms with Crippen molar-refractivity contribution in [2.45, 2.75) is 32.4 Å². The van der Waals surface area contributed by atoms with E-state index in [1.54, 1.807) is 0 Å². The average Bonchev–Trinajstić information content (AvgIpc) is 2.55. The largest absolute Gasteiger partial charge is 0.455 e. The summed E-state index contributed by atoms with van der Waals surface area (Å²) in [4.78, 5) is 22.2. The summed E-state index contributed by atoms with van der Waals surface area (Å²) in [5.41, 5.74) is 2.11. The van der Waals surface area contributed by atoms with E-state index in [0.29, 0.717) is 6.42 Å². The Balaban J connectivity index is 2.26. The number of hydrogen-bond acceptors (Lipinski definition) is 3. The second kappa shape index (κ2) is 4.57. The summed E-state index contributed by atoms with van der Waals surface area (Å²) in [6.45, 7) is 2.85. The quantitative estimate of drug-likeness (QED) is 0.784. The number of fused-ring (bicyclic) bond motifs is 1. The third-order valence-electron chi connectivity index (χ3n) is 2.85. The van der Waals surface area contributed by atoms with Gasteiger partial charge in [-0.1, -0.05) is 24.3 Å². The Morgan fingerprint density at radius 1 is 1.29 bits per heavy atom. The number of carbonyl (C=O) groups is 2. The summed E-state index contributed by atoms with van der Waals surface area (Å²) in [5.74, 6) is -0.443. The molecule has 1 N–H and O–H groups in total. The summed E-state index contributed by atoms with van der Waals surface area (Å²) in [6.07, 6.45) is 0.334. The van der Waals surface area contributed by atoms with Crippen LogP contribution in [0.15, 0.2) is 24.3 Å². The normalized spacial score (nSPS) is 21.8. The van der Waals surface area contributed by atoms with Crippen molar-refractivity contribution in [2.24, 2.45) is 0 Å². The summed E-state index contributed by atoms with van der Waals surface area (Å²) in [6, 6.07) is 7.62. The van der Waals surface area contributed by atoms with Gasteiger partial charge in [-0.15, -0.1) is 0 Å². The van der Waals surface area contributed by atoms with Crippen LogP contribution < -0.4 is 5.32 Å². The molecule has 4 heteroatoms. The Bertz CT molecular complexity index is 456. The topological polar surface area (TPSA) is 55.4 Å². The standard InChI is InChI=1S/C13H15NO3/c1-8(15)14-12-7-10-5-3-4-6-11(10)13(12)17-9(2)16/h3-6,12-13H,7H2,1-2H3,(H,14,15)/t12-,13+/m1/s1. The Morgan fingerprint density at radius 2 is 2.00 bits per heavy atom. The summed E-state index contributed by atoms with van der Waals surface area (Å²) in [5, 5.41) is 2.83. The second-order valence-electron chi connectivity index (χ2n) is 4.24. The van der Waals surface area contributed by atoms with Gasteiger partial charge in [0.2, 0.25) is 5.91 Å². The van der Waals surface area contributed by atoms with Crippen LogP contribution in [0.4, 0.5) is 0 Å². The molecule has 1 amide bonds. The lowest BCUT2D eigenvalue weighted by Crippen LogP contribution is -2.37. The highest BCUT2D eigenvalue weighted by Gasteiger charge is 2.34. The molecule has 0 aliphatic heterocycles. The molecule has 17 heavy (non-hydrogen) atoms. The summed E-state index contributed by atoms with van der Waals surface area (Å²) >= 11 is 0. The predicted octanol–water partition coefficient (Wildman–Crippen LogP) is 1.35. The Hall–Kier alpha value is -1.84. The van der Waals surface area contributed by atoms with Crippen LogP contribution in [0, 0.1) is 0 Å². The van der Waals surface area contributed by atoms with E-state index in [1.807, 2.05) is 24.3 Å². The maximum Gasteiger partial charge on any atom is 0.303 e. The number of rotatable bonds is 2. The van der Waals surface area contributed by atoms with Crippen molar-refractivity contribution in [3.05, 3.63) is 35.4 Å². The van der Waals surface area contributed by atoms with E-state index in [0.717, 1.165) is 11.1 Å². The van der Waals surface area contributed by atoms with Crippen LogP contribution in [0.5, 0.6) is 0 Å². The van der Waals surface area contributed by atoms with Crippen molar-refractivity contribution < 1.29 is 14.3 Å². The van der Waals surface area contributed by atoms with E-state index < -0.39 is 0 Å². The first-order valence-corrected chi connectivity index (χ1v) is 5.60. The number of ether oxygens (including phenoxy) is 1. The molecule has 0 saturated heterocycles. The first kappa shape index (κ1) is 11.6. The molecule has 1 aliphatic carbocycles. The molecule has 0 unspecified atom stereocenters. The molecule has 0 bridgehead atoms. The highest BCUT2D eigenvalue weighted by molar-refractivity contribution is 5.74.